The van der Waals surface area contributed by atoms with E-state index in [1.54, 1.807) is 6.07 Å². The van der Waals surface area contributed by atoms with Gasteiger partial charge in [-0.05, 0) is 18.2 Å². The van der Waals surface area contributed by atoms with Crippen LogP contribution in [0.15, 0.2) is 18.2 Å². The first-order valence-corrected chi connectivity index (χ1v) is 7.53. The molecule has 0 aliphatic carbocycles. The molecule has 1 amide bonds. The third-order valence-electron chi connectivity index (χ3n) is 3.03. The van der Waals surface area contributed by atoms with Gasteiger partial charge in [0, 0.05) is 14.2 Å². The number of aromatic amines is 1. The van der Waals surface area contributed by atoms with Gasteiger partial charge in [-0.1, -0.05) is 0 Å². The fraction of sp³-hybridized carbons (Fsp3) is 0.357. The standard InChI is InChI=1S/C14H14F3N3O3S/c1-20(6-8-5-9(7-23-2)19-18-8)13(22)11-4-3-10(24-11)12(21)14(15,16)17/h3-5H,6-7H2,1-2H3,(H,18,19). The summed E-state index contributed by atoms with van der Waals surface area (Å²) in [5.74, 6) is -2.44. The number of amides is 1. The molecule has 0 unspecified atom stereocenters. The number of aromatic nitrogens is 2. The van der Waals surface area contributed by atoms with Gasteiger partial charge in [-0.2, -0.15) is 18.3 Å². The number of ketones is 1. The summed E-state index contributed by atoms with van der Waals surface area (Å²) < 4.78 is 42.1. The van der Waals surface area contributed by atoms with Crippen LogP contribution in [0.3, 0.4) is 0 Å². The molecule has 0 radical (unpaired) electrons. The van der Waals surface area contributed by atoms with E-state index in [1.165, 1.54) is 25.1 Å². The number of ether oxygens (including phenoxy) is 1. The highest BCUT2D eigenvalue weighted by Crippen LogP contribution is 2.27. The largest absolute Gasteiger partial charge is 0.455 e. The van der Waals surface area contributed by atoms with E-state index in [0.29, 0.717) is 23.6 Å². The van der Waals surface area contributed by atoms with E-state index in [1.807, 2.05) is 0 Å². The number of Topliss-reactive ketones (excluding diaryl/α,β-unsaturated/α-hetero) is 1. The Hall–Kier alpha value is -2.20. The second kappa shape index (κ2) is 7.14. The molecule has 6 nitrogen and oxygen atoms in total. The summed E-state index contributed by atoms with van der Waals surface area (Å²) in [7, 11) is 3.03. The van der Waals surface area contributed by atoms with Crippen LogP contribution in [-0.2, 0) is 17.9 Å². The van der Waals surface area contributed by atoms with Crippen molar-refractivity contribution in [2.24, 2.45) is 0 Å². The number of hydrogen-bond acceptors (Lipinski definition) is 5. The Balaban J connectivity index is 2.05. The van der Waals surface area contributed by atoms with Crippen LogP contribution in [0.5, 0.6) is 0 Å². The lowest BCUT2D eigenvalue weighted by Crippen LogP contribution is -2.25. The molecule has 2 rings (SSSR count). The Morgan fingerprint density at radius 3 is 2.62 bits per heavy atom. The fourth-order valence-electron chi connectivity index (χ4n) is 1.94. The van der Waals surface area contributed by atoms with E-state index < -0.39 is 22.7 Å². The van der Waals surface area contributed by atoms with Crippen LogP contribution in [0, 0.1) is 0 Å². The number of H-pyrrole nitrogens is 1. The summed E-state index contributed by atoms with van der Waals surface area (Å²) in [6.45, 7) is 0.512. The van der Waals surface area contributed by atoms with Crippen molar-refractivity contribution in [2.75, 3.05) is 14.2 Å². The van der Waals surface area contributed by atoms with Crippen LogP contribution in [0.1, 0.15) is 30.7 Å². The van der Waals surface area contributed by atoms with Gasteiger partial charge in [-0.3, -0.25) is 14.7 Å². The third-order valence-corrected chi connectivity index (χ3v) is 4.10. The lowest BCUT2D eigenvalue weighted by Gasteiger charge is -2.14. The van der Waals surface area contributed by atoms with Crippen molar-refractivity contribution in [1.29, 1.82) is 0 Å². The van der Waals surface area contributed by atoms with Gasteiger partial charge >= 0.3 is 6.18 Å². The van der Waals surface area contributed by atoms with E-state index >= 15 is 0 Å². The number of methoxy groups -OCH3 is 1. The van der Waals surface area contributed by atoms with E-state index in [4.69, 9.17) is 4.74 Å². The molecule has 1 N–H and O–H groups in total. The molecule has 0 bridgehead atoms. The number of halogens is 3. The first-order valence-electron chi connectivity index (χ1n) is 6.71. The van der Waals surface area contributed by atoms with Crippen molar-refractivity contribution in [2.45, 2.75) is 19.3 Å². The summed E-state index contributed by atoms with van der Waals surface area (Å²) in [6.07, 6.45) is -4.95. The van der Waals surface area contributed by atoms with Crippen LogP contribution in [0.4, 0.5) is 13.2 Å². The highest BCUT2D eigenvalue weighted by atomic mass is 32.1. The number of nitrogens with zero attached hydrogens (tertiary/aromatic N) is 2. The number of thiophene rings is 1. The molecule has 0 atom stereocenters. The summed E-state index contributed by atoms with van der Waals surface area (Å²) in [5, 5.41) is 6.76. The summed E-state index contributed by atoms with van der Waals surface area (Å²) in [6, 6.07) is 3.94. The van der Waals surface area contributed by atoms with Crippen molar-refractivity contribution in [1.82, 2.24) is 15.1 Å². The Morgan fingerprint density at radius 2 is 2.00 bits per heavy atom. The molecule has 0 saturated carbocycles. The number of carbonyl (C=O) groups is 2. The van der Waals surface area contributed by atoms with Crippen LogP contribution < -0.4 is 0 Å². The first-order chi connectivity index (χ1) is 11.2. The average Bonchev–Trinajstić information content (AvgIpc) is 3.14. The first kappa shape index (κ1) is 18.1. The topological polar surface area (TPSA) is 75.3 Å². The molecule has 2 aromatic heterocycles. The van der Waals surface area contributed by atoms with Crippen LogP contribution in [0.25, 0.3) is 0 Å². The predicted molar refractivity (Wildman–Crippen MR) is 79.8 cm³/mol. The van der Waals surface area contributed by atoms with E-state index in [-0.39, 0.29) is 11.4 Å². The lowest BCUT2D eigenvalue weighted by atomic mass is 10.3. The smallest absolute Gasteiger partial charge is 0.378 e. The van der Waals surface area contributed by atoms with Crippen molar-refractivity contribution in [3.63, 3.8) is 0 Å². The zero-order chi connectivity index (χ0) is 17.9. The molecule has 130 valence electrons. The van der Waals surface area contributed by atoms with Gasteiger partial charge in [0.2, 0.25) is 0 Å². The monoisotopic (exact) mass is 361 g/mol. The number of carbonyl (C=O) groups excluding carboxylic acids is 2. The minimum atomic E-state index is -4.95. The molecule has 0 aromatic carbocycles. The summed E-state index contributed by atoms with van der Waals surface area (Å²) >= 11 is 0.519. The summed E-state index contributed by atoms with van der Waals surface area (Å²) in [5.41, 5.74) is 1.32. The van der Waals surface area contributed by atoms with Gasteiger partial charge in [0.15, 0.2) is 0 Å². The number of rotatable bonds is 6. The minimum Gasteiger partial charge on any atom is -0.378 e. The summed E-state index contributed by atoms with van der Waals surface area (Å²) in [4.78, 5) is 24.3. The Bertz CT molecular complexity index is 739. The normalized spacial score (nSPS) is 11.5. The molecule has 0 aliphatic heterocycles. The SMILES string of the molecule is COCc1cc(CN(C)C(=O)c2ccc(C(=O)C(F)(F)F)s2)n[nH]1. The van der Waals surface area contributed by atoms with Crippen LogP contribution in [-0.4, -0.2) is 47.1 Å². The Kier molecular flexibility index (Phi) is 5.40. The van der Waals surface area contributed by atoms with Crippen LogP contribution in [0.2, 0.25) is 0 Å². The molecule has 0 spiro atoms. The zero-order valence-corrected chi connectivity index (χ0v) is 13.6. The fourth-order valence-corrected chi connectivity index (χ4v) is 2.90. The van der Waals surface area contributed by atoms with Gasteiger partial charge < -0.3 is 9.64 Å². The van der Waals surface area contributed by atoms with Gasteiger partial charge in [-0.15, -0.1) is 11.3 Å². The van der Waals surface area contributed by atoms with Gasteiger partial charge in [0.25, 0.3) is 11.7 Å². The Morgan fingerprint density at radius 1 is 1.33 bits per heavy atom. The van der Waals surface area contributed by atoms with Gasteiger partial charge in [0.05, 0.1) is 34.3 Å². The molecule has 0 fully saturated rings. The van der Waals surface area contributed by atoms with Crippen molar-refractivity contribution in [3.8, 4) is 0 Å². The second-order valence-electron chi connectivity index (χ2n) is 4.97. The highest BCUT2D eigenvalue weighted by Gasteiger charge is 2.40. The molecular weight excluding hydrogens is 347 g/mol. The molecule has 2 aromatic rings. The second-order valence-corrected chi connectivity index (χ2v) is 6.05. The Labute approximate surface area is 139 Å². The maximum atomic E-state index is 12.4. The molecule has 24 heavy (non-hydrogen) atoms. The average molecular weight is 361 g/mol. The van der Waals surface area contributed by atoms with E-state index in [0.717, 1.165) is 11.8 Å². The zero-order valence-electron chi connectivity index (χ0n) is 12.8. The van der Waals surface area contributed by atoms with Gasteiger partial charge in [0.1, 0.15) is 0 Å². The van der Waals surface area contributed by atoms with Crippen LogP contribution >= 0.6 is 11.3 Å². The van der Waals surface area contributed by atoms with Crippen molar-refractivity contribution < 1.29 is 27.5 Å². The van der Waals surface area contributed by atoms with E-state index in [2.05, 4.69) is 10.2 Å². The number of alkyl halides is 3. The third kappa shape index (κ3) is 4.20. The van der Waals surface area contributed by atoms with E-state index in [9.17, 15) is 22.8 Å². The molecule has 2 heterocycles. The minimum absolute atomic E-state index is 0.0535. The number of nitrogens with one attached hydrogen (secondary N) is 1. The maximum absolute atomic E-state index is 12.4. The molecule has 0 aliphatic rings. The molecular formula is C14H14F3N3O3S. The maximum Gasteiger partial charge on any atom is 0.455 e. The quantitative estimate of drug-likeness (QED) is 0.803. The number of hydrogen-bond donors (Lipinski definition) is 1. The predicted octanol–water partition coefficient (Wildman–Crippen LogP) is 2.63. The molecule has 0 saturated heterocycles. The van der Waals surface area contributed by atoms with Gasteiger partial charge in [-0.25, -0.2) is 0 Å². The lowest BCUT2D eigenvalue weighted by molar-refractivity contribution is -0.0882. The molecule has 10 heteroatoms. The highest BCUT2D eigenvalue weighted by molar-refractivity contribution is 7.16. The van der Waals surface area contributed by atoms with Crippen molar-refractivity contribution >= 4 is 23.0 Å². The van der Waals surface area contributed by atoms with Crippen molar-refractivity contribution in [3.05, 3.63) is 39.3 Å².